The van der Waals surface area contributed by atoms with Crippen LogP contribution in [0.4, 0.5) is 16.2 Å². The van der Waals surface area contributed by atoms with Gasteiger partial charge < -0.3 is 15.1 Å². The van der Waals surface area contributed by atoms with Gasteiger partial charge in [0.25, 0.3) is 20.0 Å². The first kappa shape index (κ1) is 46.8. The summed E-state index contributed by atoms with van der Waals surface area (Å²) in [6.45, 7) is 9.35. The molecule has 0 bridgehead atoms. The van der Waals surface area contributed by atoms with Crippen LogP contribution in [0.1, 0.15) is 97.9 Å². The number of amides is 2. The van der Waals surface area contributed by atoms with Gasteiger partial charge in [-0.1, -0.05) is 12.1 Å². The predicted molar refractivity (Wildman–Crippen MR) is 240 cm³/mol. The number of nitrogens with zero attached hydrogens (tertiary/aromatic N) is 7. The lowest BCUT2D eigenvalue weighted by atomic mass is 9.99. The summed E-state index contributed by atoms with van der Waals surface area (Å²) in [5.74, 6) is 0. The second-order valence-corrected chi connectivity index (χ2v) is 21.7. The summed E-state index contributed by atoms with van der Waals surface area (Å²) in [4.78, 5) is 31.2. The second-order valence-electron chi connectivity index (χ2n) is 18.5. The third-order valence-corrected chi connectivity index (χ3v) is 13.9. The number of urea groups is 1. The number of rotatable bonds is 11. The van der Waals surface area contributed by atoms with Crippen molar-refractivity contribution in [2.75, 3.05) is 46.6 Å². The number of benzene rings is 2. The van der Waals surface area contributed by atoms with E-state index in [4.69, 9.17) is 5.14 Å². The first-order chi connectivity index (χ1) is 29.1. The number of anilines is 1. The molecular formula is C44H62N10O6S2. The van der Waals surface area contributed by atoms with Crippen LogP contribution in [0.3, 0.4) is 0 Å². The zero-order valence-corrected chi connectivity index (χ0v) is 39.0. The largest absolute Gasteiger partial charge is 0.333 e. The van der Waals surface area contributed by atoms with Crippen LogP contribution in [-0.4, -0.2) is 99.6 Å². The summed E-state index contributed by atoms with van der Waals surface area (Å²) in [7, 11) is 0.00149. The zero-order valence-electron chi connectivity index (χ0n) is 37.3. The van der Waals surface area contributed by atoms with Gasteiger partial charge in [-0.25, -0.2) is 27.9 Å². The number of primary sulfonamides is 1. The third-order valence-electron chi connectivity index (χ3n) is 11.9. The lowest BCUT2D eigenvalue weighted by Crippen LogP contribution is -2.38. The highest BCUT2D eigenvalue weighted by Crippen LogP contribution is 2.40. The van der Waals surface area contributed by atoms with E-state index in [1.54, 1.807) is 27.8 Å². The van der Waals surface area contributed by atoms with Crippen LogP contribution in [0.2, 0.25) is 0 Å². The number of aliphatic imine (C=N–C) groups is 1. The number of likely N-dealkylation sites (N-methyl/N-ethyl adjacent to an activating group) is 2. The highest BCUT2D eigenvalue weighted by atomic mass is 32.2. The van der Waals surface area contributed by atoms with Crippen molar-refractivity contribution in [2.24, 2.45) is 10.1 Å². The molecule has 2 heterocycles. The molecule has 0 spiro atoms. The minimum absolute atomic E-state index is 0.0978. The molecule has 0 unspecified atom stereocenters. The van der Waals surface area contributed by atoms with E-state index in [1.807, 2.05) is 65.7 Å². The quantitative estimate of drug-likeness (QED) is 0.134. The Morgan fingerprint density at radius 3 is 1.52 bits per heavy atom. The van der Waals surface area contributed by atoms with Crippen LogP contribution in [0, 0.1) is 0 Å². The SMILES string of the molecule is CN(C)CC(C)(C)n1ccc(S(=O)(=O)NC(=O)Nc2c3c(cc4c2CCC4)CCC3)n1.CN(C)CC(C)(C)n1ccc(S(N)(=O)=O)n1.O=C=Nc1c2c(cc3c1CCC3)CCC2. The number of hydrogen-bond acceptors (Lipinski definition) is 11. The van der Waals surface area contributed by atoms with E-state index in [0.29, 0.717) is 6.54 Å². The Morgan fingerprint density at radius 1 is 0.710 bits per heavy atom. The fourth-order valence-electron chi connectivity index (χ4n) is 9.52. The van der Waals surface area contributed by atoms with Gasteiger partial charge >= 0.3 is 6.03 Å². The molecule has 16 nitrogen and oxygen atoms in total. The number of aromatic nitrogens is 4. The number of carbonyl (C=O) groups is 1. The number of isocyanates is 1. The van der Waals surface area contributed by atoms with Crippen LogP contribution in [0.5, 0.6) is 0 Å². The summed E-state index contributed by atoms with van der Waals surface area (Å²) in [6, 6.07) is 6.70. The highest BCUT2D eigenvalue weighted by Gasteiger charge is 2.30. The van der Waals surface area contributed by atoms with Crippen molar-refractivity contribution in [1.82, 2.24) is 34.1 Å². The van der Waals surface area contributed by atoms with Crippen molar-refractivity contribution in [3.8, 4) is 0 Å². The number of sulfonamides is 2. The van der Waals surface area contributed by atoms with Gasteiger partial charge in [-0.3, -0.25) is 9.36 Å². The monoisotopic (exact) mass is 890 g/mol. The van der Waals surface area contributed by atoms with Crippen molar-refractivity contribution in [1.29, 1.82) is 0 Å². The normalized spacial score (nSPS) is 15.5. The maximum absolute atomic E-state index is 12.8. The molecule has 0 aliphatic heterocycles. The van der Waals surface area contributed by atoms with Crippen LogP contribution in [0.25, 0.3) is 0 Å². The molecule has 0 saturated carbocycles. The highest BCUT2D eigenvalue weighted by molar-refractivity contribution is 7.90. The van der Waals surface area contributed by atoms with Gasteiger partial charge in [0.05, 0.1) is 16.8 Å². The molecule has 4 aliphatic carbocycles. The topological polar surface area (TPSA) is 207 Å². The van der Waals surface area contributed by atoms with Crippen molar-refractivity contribution < 1.29 is 26.4 Å². The Kier molecular flexibility index (Phi) is 14.0. The van der Waals surface area contributed by atoms with Gasteiger partial charge in [0.15, 0.2) is 10.1 Å². The first-order valence-corrected chi connectivity index (χ1v) is 24.3. The molecule has 0 fully saturated rings. The molecule has 336 valence electrons. The molecular weight excluding hydrogens is 829 g/mol. The number of fused-ring (bicyclic) bond motifs is 4. The Morgan fingerprint density at radius 2 is 1.11 bits per heavy atom. The number of nitrogens with two attached hydrogens (primary N) is 1. The van der Waals surface area contributed by atoms with E-state index in [-0.39, 0.29) is 15.6 Å². The van der Waals surface area contributed by atoms with Crippen molar-refractivity contribution in [3.63, 3.8) is 0 Å². The number of hydrogen-bond donors (Lipinski definition) is 3. The molecule has 4 N–H and O–H groups in total. The Hall–Kier alpha value is -4.71. The number of nitrogens with one attached hydrogen (secondary N) is 2. The van der Waals surface area contributed by atoms with Crippen LogP contribution < -0.4 is 15.2 Å². The van der Waals surface area contributed by atoms with E-state index in [2.05, 4.69) is 37.4 Å². The fraction of sp³-hybridized carbons (Fsp3) is 0.545. The van der Waals surface area contributed by atoms with Crippen LogP contribution in [0.15, 0.2) is 51.7 Å². The summed E-state index contributed by atoms with van der Waals surface area (Å²) >= 11 is 0. The molecule has 0 radical (unpaired) electrons. The molecule has 62 heavy (non-hydrogen) atoms. The molecule has 0 atom stereocenters. The van der Waals surface area contributed by atoms with Gasteiger partial charge in [0.1, 0.15) is 0 Å². The van der Waals surface area contributed by atoms with E-state index < -0.39 is 31.6 Å². The lowest BCUT2D eigenvalue weighted by molar-refractivity contribution is 0.221. The lowest BCUT2D eigenvalue weighted by Gasteiger charge is -2.28. The van der Waals surface area contributed by atoms with Crippen molar-refractivity contribution >= 4 is 43.5 Å². The maximum Gasteiger partial charge on any atom is 0.333 e. The van der Waals surface area contributed by atoms with E-state index >= 15 is 0 Å². The molecule has 4 aliphatic rings. The van der Waals surface area contributed by atoms with Gasteiger partial charge in [-0.2, -0.15) is 23.6 Å². The summed E-state index contributed by atoms with van der Waals surface area (Å²) in [5.41, 5.74) is 11.4. The fourth-order valence-corrected chi connectivity index (χ4v) is 10.8. The standard InChI is InChI=1S/C22H31N5O3S.C13H13NO.C9H18N4O2S/c1-22(2,14-26(3)4)27-12-11-19(24-27)31(29,30)25-21(28)23-20-17-9-5-7-15(17)13-16-8-6-10-18(16)20;15-8-14-13-11-5-1-3-9(11)7-10-4-2-6-12(10)13;1-9(2,7-12(3)4)13-6-5-8(11-13)16(10,14)15/h11-13H,5-10,14H2,1-4H3,(H2,23,25,28);7H,1-6H2;5-6H,7H2,1-4H3,(H2,10,14,15). The Labute approximate surface area is 366 Å². The van der Waals surface area contributed by atoms with Gasteiger partial charge in [0.2, 0.25) is 6.08 Å². The first-order valence-electron chi connectivity index (χ1n) is 21.3. The summed E-state index contributed by atoms with van der Waals surface area (Å²) in [5, 5.41) is 15.8. The smallest absolute Gasteiger partial charge is 0.307 e. The Bertz CT molecular complexity index is 2520. The molecule has 4 aromatic rings. The van der Waals surface area contributed by atoms with Crippen LogP contribution in [-0.2, 0) is 87.3 Å². The summed E-state index contributed by atoms with van der Waals surface area (Å²) < 4.78 is 53.2. The van der Waals surface area contributed by atoms with Crippen LogP contribution >= 0.6 is 0 Å². The van der Waals surface area contributed by atoms with Gasteiger partial charge in [0, 0.05) is 31.2 Å². The van der Waals surface area contributed by atoms with E-state index in [0.717, 1.165) is 93.3 Å². The molecule has 2 aromatic heterocycles. The zero-order chi connectivity index (χ0) is 45.2. The van der Waals surface area contributed by atoms with Crippen molar-refractivity contribution in [3.05, 3.63) is 81.2 Å². The summed E-state index contributed by atoms with van der Waals surface area (Å²) in [6.07, 6.45) is 17.9. The second kappa shape index (κ2) is 18.6. The minimum Gasteiger partial charge on any atom is -0.307 e. The molecule has 18 heteroatoms. The average Bonchev–Trinajstić information content (AvgIpc) is 4.02. The van der Waals surface area contributed by atoms with Gasteiger partial charge in [-0.15, -0.1) is 0 Å². The molecule has 8 rings (SSSR count). The predicted octanol–water partition coefficient (Wildman–Crippen LogP) is 5.13. The van der Waals surface area contributed by atoms with Gasteiger partial charge in [-0.05, 0) is 190 Å². The molecule has 0 saturated heterocycles. The average molecular weight is 891 g/mol. The number of aryl methyl sites for hydroxylation is 4. The Balaban J connectivity index is 0.000000173. The van der Waals surface area contributed by atoms with E-state index in [9.17, 15) is 26.4 Å². The third kappa shape index (κ3) is 10.7. The number of carbonyl (C=O) groups excluding carboxylic acids is 2. The minimum atomic E-state index is -4.08. The van der Waals surface area contributed by atoms with E-state index in [1.165, 1.54) is 58.4 Å². The molecule has 2 aromatic carbocycles. The maximum atomic E-state index is 12.8. The van der Waals surface area contributed by atoms with Crippen molar-refractivity contribution in [2.45, 2.75) is 126 Å². The molecule has 2 amide bonds.